The van der Waals surface area contributed by atoms with Gasteiger partial charge in [0, 0.05) is 0 Å². The van der Waals surface area contributed by atoms with E-state index in [0.717, 1.165) is 6.42 Å². The molecule has 0 aromatic heterocycles. The standard InChI is InChI=1S/C11H10.C2H6/c1-2-6-10(7-3-1)11-8-4-5-9-11;1-2/h1-4,6-9H,5H2;1-2H3. The predicted molar refractivity (Wildman–Crippen MR) is 59.5 cm³/mol. The molecule has 0 nitrogen and oxygen atoms in total. The van der Waals surface area contributed by atoms with Gasteiger partial charge in [-0.05, 0) is 17.6 Å². The average molecular weight is 172 g/mol. The second kappa shape index (κ2) is 5.36. The first-order valence-electron chi connectivity index (χ1n) is 4.89. The summed E-state index contributed by atoms with van der Waals surface area (Å²) in [6, 6.07) is 10.5. The third kappa shape index (κ3) is 2.59. The monoisotopic (exact) mass is 172 g/mol. The molecule has 1 aromatic carbocycles. The van der Waals surface area contributed by atoms with Crippen LogP contribution in [-0.4, -0.2) is 0 Å². The van der Waals surface area contributed by atoms with Gasteiger partial charge < -0.3 is 0 Å². The summed E-state index contributed by atoms with van der Waals surface area (Å²) in [4.78, 5) is 0. The van der Waals surface area contributed by atoms with E-state index in [1.807, 2.05) is 19.9 Å². The SMILES string of the molecule is C1=CC(c2ccccc2)=CC1.CC. The fourth-order valence-electron chi connectivity index (χ4n) is 1.30. The minimum Gasteiger partial charge on any atom is -0.0801 e. The Morgan fingerprint density at radius 1 is 1.00 bits per heavy atom. The van der Waals surface area contributed by atoms with Crippen LogP contribution in [0.1, 0.15) is 25.8 Å². The molecule has 0 unspecified atom stereocenters. The summed E-state index contributed by atoms with van der Waals surface area (Å²) < 4.78 is 0. The average Bonchev–Trinajstić information content (AvgIpc) is 2.75. The van der Waals surface area contributed by atoms with Crippen molar-refractivity contribution in [3.8, 4) is 0 Å². The smallest absolute Gasteiger partial charge is 0.0157 e. The molecule has 0 radical (unpaired) electrons. The molecule has 1 aliphatic carbocycles. The maximum atomic E-state index is 2.25. The van der Waals surface area contributed by atoms with Crippen molar-refractivity contribution in [2.75, 3.05) is 0 Å². The van der Waals surface area contributed by atoms with Gasteiger partial charge in [-0.25, -0.2) is 0 Å². The molecule has 0 saturated heterocycles. The summed E-state index contributed by atoms with van der Waals surface area (Å²) in [6.45, 7) is 4.00. The van der Waals surface area contributed by atoms with Gasteiger partial charge in [-0.1, -0.05) is 62.4 Å². The van der Waals surface area contributed by atoms with Crippen LogP contribution >= 0.6 is 0 Å². The van der Waals surface area contributed by atoms with Gasteiger partial charge in [0.1, 0.15) is 0 Å². The fourth-order valence-corrected chi connectivity index (χ4v) is 1.30. The van der Waals surface area contributed by atoms with Gasteiger partial charge in [-0.15, -0.1) is 0 Å². The van der Waals surface area contributed by atoms with Crippen LogP contribution in [0.3, 0.4) is 0 Å². The van der Waals surface area contributed by atoms with E-state index in [-0.39, 0.29) is 0 Å². The van der Waals surface area contributed by atoms with Gasteiger partial charge >= 0.3 is 0 Å². The molecule has 0 N–H and O–H groups in total. The Hall–Kier alpha value is -1.30. The van der Waals surface area contributed by atoms with Crippen LogP contribution in [0.4, 0.5) is 0 Å². The molecule has 0 heteroatoms. The normalized spacial score (nSPS) is 13.2. The first-order chi connectivity index (χ1) is 6.47. The molecule has 0 heterocycles. The van der Waals surface area contributed by atoms with Gasteiger partial charge in [-0.2, -0.15) is 0 Å². The zero-order valence-corrected chi connectivity index (χ0v) is 8.33. The van der Waals surface area contributed by atoms with Gasteiger partial charge in [-0.3, -0.25) is 0 Å². The summed E-state index contributed by atoms with van der Waals surface area (Å²) >= 11 is 0. The molecule has 13 heavy (non-hydrogen) atoms. The van der Waals surface area contributed by atoms with Crippen LogP contribution in [0.2, 0.25) is 0 Å². The Morgan fingerprint density at radius 3 is 2.23 bits per heavy atom. The minimum absolute atomic E-state index is 1.09. The van der Waals surface area contributed by atoms with Gasteiger partial charge in [0.2, 0.25) is 0 Å². The molecular weight excluding hydrogens is 156 g/mol. The quantitative estimate of drug-likeness (QED) is 0.599. The van der Waals surface area contributed by atoms with E-state index >= 15 is 0 Å². The van der Waals surface area contributed by atoms with E-state index in [2.05, 4.69) is 42.5 Å². The van der Waals surface area contributed by atoms with Gasteiger partial charge in [0.15, 0.2) is 0 Å². The Morgan fingerprint density at radius 2 is 1.69 bits per heavy atom. The lowest BCUT2D eigenvalue weighted by Gasteiger charge is -1.96. The first-order valence-corrected chi connectivity index (χ1v) is 4.89. The molecule has 0 fully saturated rings. The van der Waals surface area contributed by atoms with Crippen molar-refractivity contribution in [2.45, 2.75) is 20.3 Å². The second-order valence-electron chi connectivity index (χ2n) is 2.66. The molecule has 0 spiro atoms. The molecule has 0 bridgehead atoms. The van der Waals surface area contributed by atoms with Crippen molar-refractivity contribution in [1.82, 2.24) is 0 Å². The lowest BCUT2D eigenvalue weighted by atomic mass is 10.1. The van der Waals surface area contributed by atoms with Crippen LogP contribution in [0.5, 0.6) is 0 Å². The Balaban J connectivity index is 0.000000396. The third-order valence-electron chi connectivity index (χ3n) is 1.88. The van der Waals surface area contributed by atoms with Crippen molar-refractivity contribution < 1.29 is 0 Å². The minimum atomic E-state index is 1.09. The number of benzene rings is 1. The largest absolute Gasteiger partial charge is 0.0801 e. The topological polar surface area (TPSA) is 0 Å². The van der Waals surface area contributed by atoms with Crippen molar-refractivity contribution >= 4 is 5.57 Å². The molecule has 2 rings (SSSR count). The summed E-state index contributed by atoms with van der Waals surface area (Å²) in [5.41, 5.74) is 2.67. The maximum Gasteiger partial charge on any atom is -0.0157 e. The number of hydrogen-bond donors (Lipinski definition) is 0. The van der Waals surface area contributed by atoms with Crippen molar-refractivity contribution in [2.24, 2.45) is 0 Å². The molecule has 0 saturated carbocycles. The van der Waals surface area contributed by atoms with E-state index in [1.54, 1.807) is 0 Å². The van der Waals surface area contributed by atoms with E-state index in [1.165, 1.54) is 11.1 Å². The zero-order valence-electron chi connectivity index (χ0n) is 8.33. The Labute approximate surface area is 80.6 Å². The van der Waals surface area contributed by atoms with Crippen LogP contribution < -0.4 is 0 Å². The van der Waals surface area contributed by atoms with Crippen molar-refractivity contribution in [3.63, 3.8) is 0 Å². The summed E-state index contributed by atoms with van der Waals surface area (Å²) in [5.74, 6) is 0. The zero-order chi connectivity index (χ0) is 9.52. The molecule has 1 aromatic rings. The maximum absolute atomic E-state index is 2.25. The fraction of sp³-hybridized carbons (Fsp3) is 0.231. The highest BCUT2D eigenvalue weighted by Gasteiger charge is 1.98. The van der Waals surface area contributed by atoms with E-state index in [9.17, 15) is 0 Å². The van der Waals surface area contributed by atoms with Crippen LogP contribution in [0, 0.1) is 0 Å². The molecule has 1 aliphatic rings. The molecule has 68 valence electrons. The van der Waals surface area contributed by atoms with Crippen LogP contribution in [0.25, 0.3) is 5.57 Å². The van der Waals surface area contributed by atoms with Crippen molar-refractivity contribution in [3.05, 3.63) is 54.1 Å². The first kappa shape index (κ1) is 9.79. The van der Waals surface area contributed by atoms with E-state index in [0.29, 0.717) is 0 Å². The van der Waals surface area contributed by atoms with Crippen LogP contribution in [0.15, 0.2) is 48.6 Å². The summed E-state index contributed by atoms with van der Waals surface area (Å²) in [7, 11) is 0. The number of rotatable bonds is 1. The second-order valence-corrected chi connectivity index (χ2v) is 2.66. The number of hydrogen-bond acceptors (Lipinski definition) is 0. The van der Waals surface area contributed by atoms with E-state index in [4.69, 9.17) is 0 Å². The summed E-state index contributed by atoms with van der Waals surface area (Å²) in [6.07, 6.45) is 7.69. The Bertz CT molecular complexity index is 291. The highest BCUT2D eigenvalue weighted by molar-refractivity contribution is 5.76. The Kier molecular flexibility index (Phi) is 4.04. The summed E-state index contributed by atoms with van der Waals surface area (Å²) in [5, 5.41) is 0. The molecule has 0 amide bonds. The molecule has 0 atom stereocenters. The lowest BCUT2D eigenvalue weighted by molar-refractivity contribution is 1.45. The van der Waals surface area contributed by atoms with Gasteiger partial charge in [0.05, 0.1) is 0 Å². The van der Waals surface area contributed by atoms with Gasteiger partial charge in [0.25, 0.3) is 0 Å². The molecular formula is C13H16. The van der Waals surface area contributed by atoms with Crippen LogP contribution in [-0.2, 0) is 0 Å². The van der Waals surface area contributed by atoms with Crippen molar-refractivity contribution in [1.29, 1.82) is 0 Å². The lowest BCUT2D eigenvalue weighted by Crippen LogP contribution is -1.75. The van der Waals surface area contributed by atoms with E-state index < -0.39 is 0 Å². The predicted octanol–water partition coefficient (Wildman–Crippen LogP) is 4.06. The highest BCUT2D eigenvalue weighted by Crippen LogP contribution is 2.20. The molecule has 0 aliphatic heterocycles. The highest BCUT2D eigenvalue weighted by atomic mass is 14.0. The number of allylic oxidation sites excluding steroid dienone is 4. The third-order valence-corrected chi connectivity index (χ3v) is 1.88.